The highest BCUT2D eigenvalue weighted by Crippen LogP contribution is 2.29. The second-order valence-corrected chi connectivity index (χ2v) is 8.38. The molecule has 0 saturated carbocycles. The Morgan fingerprint density at radius 3 is 2.65 bits per heavy atom. The number of rotatable bonds is 3. The number of fused-ring (bicyclic) bond motifs is 2. The minimum atomic E-state index is -0.428. The lowest BCUT2D eigenvalue weighted by Crippen LogP contribution is -2.31. The Morgan fingerprint density at radius 1 is 0.971 bits per heavy atom. The lowest BCUT2D eigenvalue weighted by molar-refractivity contribution is 0.0983. The summed E-state index contributed by atoms with van der Waals surface area (Å²) in [7, 11) is 0. The molecule has 0 unspecified atom stereocenters. The molecular formula is C27H23FN4O2. The molecule has 0 bridgehead atoms. The van der Waals surface area contributed by atoms with Crippen LogP contribution in [0.5, 0.6) is 0 Å². The Hall–Kier alpha value is -4.26. The highest BCUT2D eigenvalue weighted by Gasteiger charge is 2.26. The van der Waals surface area contributed by atoms with Crippen molar-refractivity contribution >= 4 is 23.2 Å². The molecule has 170 valence electrons. The number of aryl methyl sites for hydroxylation is 1. The molecule has 0 aliphatic carbocycles. The highest BCUT2D eigenvalue weighted by molar-refractivity contribution is 6.08. The van der Waals surface area contributed by atoms with E-state index in [-0.39, 0.29) is 11.5 Å². The number of carbonyl (C=O) groups is 2. The summed E-state index contributed by atoms with van der Waals surface area (Å²) in [4.78, 5) is 32.6. The molecule has 0 fully saturated rings. The van der Waals surface area contributed by atoms with Crippen LogP contribution in [0.4, 0.5) is 15.8 Å². The first-order valence-electron chi connectivity index (χ1n) is 11.0. The molecule has 0 saturated heterocycles. The molecule has 5 rings (SSSR count). The maximum absolute atomic E-state index is 13.8. The quantitative estimate of drug-likeness (QED) is 0.468. The molecule has 0 radical (unpaired) electrons. The predicted octanol–water partition coefficient (Wildman–Crippen LogP) is 5.10. The van der Waals surface area contributed by atoms with E-state index in [9.17, 15) is 14.0 Å². The van der Waals surface area contributed by atoms with Gasteiger partial charge in [0.15, 0.2) is 0 Å². The van der Waals surface area contributed by atoms with Gasteiger partial charge in [0.25, 0.3) is 11.8 Å². The fourth-order valence-corrected chi connectivity index (χ4v) is 4.31. The minimum Gasteiger partial charge on any atom is -0.344 e. The molecule has 2 aromatic heterocycles. The number of nitrogens with one attached hydrogen (secondary N) is 1. The molecule has 1 N–H and O–H groups in total. The van der Waals surface area contributed by atoms with Gasteiger partial charge in [0.05, 0.1) is 24.5 Å². The van der Waals surface area contributed by atoms with E-state index >= 15 is 0 Å². The van der Waals surface area contributed by atoms with Crippen molar-refractivity contribution in [2.45, 2.75) is 26.9 Å². The van der Waals surface area contributed by atoms with Crippen LogP contribution >= 0.6 is 0 Å². The molecule has 3 heterocycles. The Kier molecular flexibility index (Phi) is 5.45. The van der Waals surface area contributed by atoms with Gasteiger partial charge in [0, 0.05) is 34.9 Å². The number of hydrogen-bond donors (Lipinski definition) is 1. The predicted molar refractivity (Wildman–Crippen MR) is 129 cm³/mol. The summed E-state index contributed by atoms with van der Waals surface area (Å²) in [5, 5.41) is 2.80. The molecule has 6 nitrogen and oxygen atoms in total. The maximum atomic E-state index is 13.8. The van der Waals surface area contributed by atoms with Gasteiger partial charge in [-0.15, -0.1) is 0 Å². The third kappa shape index (κ3) is 3.85. The van der Waals surface area contributed by atoms with E-state index < -0.39 is 11.7 Å². The monoisotopic (exact) mass is 454 g/mol. The smallest absolute Gasteiger partial charge is 0.258 e. The topological polar surface area (TPSA) is 67.2 Å². The summed E-state index contributed by atoms with van der Waals surface area (Å²) >= 11 is 0. The van der Waals surface area contributed by atoms with Crippen LogP contribution in [0.25, 0.3) is 0 Å². The first-order chi connectivity index (χ1) is 16.4. The Balaban J connectivity index is 1.43. The molecular weight excluding hydrogens is 431 g/mol. The molecule has 2 amide bonds. The van der Waals surface area contributed by atoms with Gasteiger partial charge in [-0.25, -0.2) is 4.39 Å². The van der Waals surface area contributed by atoms with E-state index in [4.69, 9.17) is 0 Å². The molecule has 1 aliphatic rings. The van der Waals surface area contributed by atoms with E-state index in [1.54, 1.807) is 42.3 Å². The standard InChI is InChI=1S/C27H23FN4O2/c1-17-14-19(30-26(33)22-7-3-8-23(28)18(22)2)10-11-21(17)27(34)32-15-20-6-5-13-31(20)16-24-25(32)9-4-12-29-24/h3-14H,15-16H2,1-2H3,(H,30,33). The number of carbonyl (C=O) groups excluding carboxylic acids is 2. The lowest BCUT2D eigenvalue weighted by Gasteiger charge is -2.23. The van der Waals surface area contributed by atoms with Gasteiger partial charge in [0.2, 0.25) is 0 Å². The van der Waals surface area contributed by atoms with Gasteiger partial charge in [0.1, 0.15) is 5.82 Å². The Bertz CT molecular complexity index is 1430. The Morgan fingerprint density at radius 2 is 1.82 bits per heavy atom. The Labute approximate surface area is 196 Å². The first-order valence-corrected chi connectivity index (χ1v) is 11.0. The zero-order valence-corrected chi connectivity index (χ0v) is 18.9. The molecule has 1 aliphatic heterocycles. The van der Waals surface area contributed by atoms with Gasteiger partial charge in [-0.3, -0.25) is 14.6 Å². The largest absolute Gasteiger partial charge is 0.344 e. The number of pyridine rings is 1. The maximum Gasteiger partial charge on any atom is 0.258 e. The summed E-state index contributed by atoms with van der Waals surface area (Å²) in [6.45, 7) is 4.44. The van der Waals surface area contributed by atoms with Crippen LogP contribution in [0.15, 0.2) is 73.1 Å². The second-order valence-electron chi connectivity index (χ2n) is 8.38. The second kappa shape index (κ2) is 8.59. The van der Waals surface area contributed by atoms with Crippen molar-refractivity contribution in [3.63, 3.8) is 0 Å². The molecule has 0 spiro atoms. The van der Waals surface area contributed by atoms with Gasteiger partial charge in [-0.2, -0.15) is 0 Å². The van der Waals surface area contributed by atoms with Crippen LogP contribution in [-0.4, -0.2) is 21.4 Å². The van der Waals surface area contributed by atoms with Crippen molar-refractivity contribution in [3.05, 3.63) is 113 Å². The van der Waals surface area contributed by atoms with Gasteiger partial charge >= 0.3 is 0 Å². The van der Waals surface area contributed by atoms with E-state index in [0.29, 0.717) is 29.9 Å². The number of anilines is 2. The summed E-state index contributed by atoms with van der Waals surface area (Å²) < 4.78 is 15.9. The lowest BCUT2D eigenvalue weighted by atomic mass is 10.0. The van der Waals surface area contributed by atoms with Crippen molar-refractivity contribution < 1.29 is 14.0 Å². The van der Waals surface area contributed by atoms with Crippen molar-refractivity contribution in [1.82, 2.24) is 9.55 Å². The van der Waals surface area contributed by atoms with Gasteiger partial charge < -0.3 is 14.8 Å². The summed E-state index contributed by atoms with van der Waals surface area (Å²) in [5.41, 5.74) is 5.01. The van der Waals surface area contributed by atoms with Crippen LogP contribution in [0.3, 0.4) is 0 Å². The van der Waals surface area contributed by atoms with E-state index in [0.717, 1.165) is 22.6 Å². The van der Waals surface area contributed by atoms with Crippen LogP contribution in [-0.2, 0) is 13.1 Å². The first kappa shape index (κ1) is 21.6. The molecule has 7 heteroatoms. The number of hydrogen-bond acceptors (Lipinski definition) is 3. The van der Waals surface area contributed by atoms with Crippen LogP contribution in [0, 0.1) is 19.7 Å². The highest BCUT2D eigenvalue weighted by atomic mass is 19.1. The van der Waals surface area contributed by atoms with Crippen molar-refractivity contribution in [2.75, 3.05) is 10.2 Å². The van der Waals surface area contributed by atoms with E-state index in [2.05, 4.69) is 14.9 Å². The van der Waals surface area contributed by atoms with Crippen molar-refractivity contribution in [2.24, 2.45) is 0 Å². The summed E-state index contributed by atoms with van der Waals surface area (Å²) in [5.74, 6) is -0.966. The van der Waals surface area contributed by atoms with Crippen LogP contribution in [0.1, 0.15) is 43.2 Å². The zero-order valence-electron chi connectivity index (χ0n) is 18.9. The average molecular weight is 455 g/mol. The molecule has 0 atom stereocenters. The zero-order chi connectivity index (χ0) is 23.8. The number of nitrogens with zero attached hydrogens (tertiary/aromatic N) is 3. The number of benzene rings is 2. The fourth-order valence-electron chi connectivity index (χ4n) is 4.31. The van der Waals surface area contributed by atoms with Crippen molar-refractivity contribution in [1.29, 1.82) is 0 Å². The molecule has 4 aromatic rings. The third-order valence-electron chi connectivity index (χ3n) is 6.19. The van der Waals surface area contributed by atoms with Crippen LogP contribution in [0.2, 0.25) is 0 Å². The van der Waals surface area contributed by atoms with Gasteiger partial charge in [-0.05, 0) is 79.6 Å². The SMILES string of the molecule is Cc1cc(NC(=O)c2cccc(F)c2C)ccc1C(=O)N1Cc2cccn2Cc2ncccc21. The third-order valence-corrected chi connectivity index (χ3v) is 6.19. The number of halogens is 1. The number of aromatic nitrogens is 2. The molecule has 2 aromatic carbocycles. The normalized spacial score (nSPS) is 12.5. The number of amides is 2. The van der Waals surface area contributed by atoms with Crippen LogP contribution < -0.4 is 10.2 Å². The fraction of sp³-hybridized carbons (Fsp3) is 0.148. The van der Waals surface area contributed by atoms with E-state index in [1.165, 1.54) is 12.1 Å². The van der Waals surface area contributed by atoms with E-state index in [1.807, 2.05) is 37.4 Å². The summed E-state index contributed by atoms with van der Waals surface area (Å²) in [6, 6.07) is 17.3. The van der Waals surface area contributed by atoms with Crippen molar-refractivity contribution in [3.8, 4) is 0 Å². The minimum absolute atomic E-state index is 0.139. The van der Waals surface area contributed by atoms with Gasteiger partial charge in [-0.1, -0.05) is 6.07 Å². The molecule has 34 heavy (non-hydrogen) atoms. The average Bonchev–Trinajstić information content (AvgIpc) is 3.19. The summed E-state index contributed by atoms with van der Waals surface area (Å²) in [6.07, 6.45) is 3.73.